The molecule has 1 aromatic carbocycles. The number of rotatable bonds is 1. The summed E-state index contributed by atoms with van der Waals surface area (Å²) in [4.78, 5) is 18.5. The number of aryl methyl sites for hydroxylation is 1. The second kappa shape index (κ2) is 5.05. The van der Waals surface area contributed by atoms with Crippen LogP contribution in [-0.2, 0) is 6.54 Å². The van der Waals surface area contributed by atoms with E-state index < -0.39 is 0 Å². The van der Waals surface area contributed by atoms with Crippen LogP contribution in [0.15, 0.2) is 24.3 Å². The summed E-state index contributed by atoms with van der Waals surface area (Å²) in [6.45, 7) is 5.21. The zero-order chi connectivity index (χ0) is 14.1. The molecule has 2 heterocycles. The Bertz CT molecular complexity index is 636. The summed E-state index contributed by atoms with van der Waals surface area (Å²) < 4.78 is 0. The van der Waals surface area contributed by atoms with Crippen LogP contribution < -0.4 is 10.2 Å². The number of anilines is 1. The predicted molar refractivity (Wildman–Crippen MR) is 75.5 cm³/mol. The minimum atomic E-state index is -0.169. The molecule has 1 unspecified atom stereocenters. The Labute approximate surface area is 117 Å². The minimum Gasteiger partial charge on any atom is -0.308 e. The van der Waals surface area contributed by atoms with Gasteiger partial charge in [-0.2, -0.15) is 0 Å². The maximum absolute atomic E-state index is 12.6. The number of carbonyl (C=O) groups is 1. The van der Waals surface area contributed by atoms with Crippen molar-refractivity contribution in [3.63, 3.8) is 0 Å². The fourth-order valence-corrected chi connectivity index (χ4v) is 2.40. The van der Waals surface area contributed by atoms with Gasteiger partial charge in [0.15, 0.2) is 0 Å². The van der Waals surface area contributed by atoms with Gasteiger partial charge in [0.05, 0.1) is 0 Å². The third-order valence-electron chi connectivity index (χ3n) is 3.41. The van der Waals surface area contributed by atoms with E-state index in [9.17, 15) is 4.79 Å². The second-order valence-electron chi connectivity index (χ2n) is 5.07. The van der Waals surface area contributed by atoms with E-state index in [1.807, 2.05) is 24.3 Å². The lowest BCUT2D eigenvalue weighted by molar-refractivity contribution is 0.0975. The Hall–Kier alpha value is -2.21. The minimum absolute atomic E-state index is 0.169. The Balaban J connectivity index is 2.00. The largest absolute Gasteiger partial charge is 0.308 e. The highest BCUT2D eigenvalue weighted by atomic mass is 16.2. The molecule has 1 aliphatic heterocycles. The van der Waals surface area contributed by atoms with Crippen LogP contribution in [0.25, 0.3) is 0 Å². The van der Waals surface area contributed by atoms with Crippen molar-refractivity contribution in [2.75, 3.05) is 11.4 Å². The molecule has 2 aromatic rings. The lowest BCUT2D eigenvalue weighted by Crippen LogP contribution is -2.40. The van der Waals surface area contributed by atoms with Crippen molar-refractivity contribution in [1.29, 1.82) is 0 Å². The number of aromatic nitrogens is 3. The Morgan fingerprint density at radius 3 is 2.95 bits per heavy atom. The smallest absolute Gasteiger partial charge is 0.297 e. The van der Waals surface area contributed by atoms with E-state index in [2.05, 4.69) is 27.4 Å². The van der Waals surface area contributed by atoms with Gasteiger partial charge in [0.25, 0.3) is 5.91 Å². The van der Waals surface area contributed by atoms with E-state index in [0.717, 1.165) is 17.8 Å². The molecule has 0 aliphatic carbocycles. The molecule has 1 aromatic heterocycles. The number of carbonyl (C=O) groups excluding carboxylic acids is 1. The van der Waals surface area contributed by atoms with Crippen molar-refractivity contribution in [2.45, 2.75) is 26.4 Å². The normalized spacial score (nSPS) is 18.5. The van der Waals surface area contributed by atoms with Crippen LogP contribution in [0, 0.1) is 6.92 Å². The number of fused-ring (bicyclic) bond motifs is 1. The highest BCUT2D eigenvalue weighted by molar-refractivity contribution is 6.04. The van der Waals surface area contributed by atoms with Gasteiger partial charge in [0.2, 0.25) is 5.82 Å². The lowest BCUT2D eigenvalue weighted by Gasteiger charge is -2.23. The highest BCUT2D eigenvalue weighted by Gasteiger charge is 2.26. The second-order valence-corrected chi connectivity index (χ2v) is 5.07. The number of nitrogens with zero attached hydrogens (tertiary/aromatic N) is 3. The van der Waals surface area contributed by atoms with Crippen LogP contribution in [0.4, 0.5) is 5.69 Å². The molecule has 0 saturated carbocycles. The maximum atomic E-state index is 12.6. The molecule has 0 radical (unpaired) electrons. The lowest BCUT2D eigenvalue weighted by atomic mass is 10.1. The van der Waals surface area contributed by atoms with E-state index in [4.69, 9.17) is 0 Å². The van der Waals surface area contributed by atoms with Crippen LogP contribution in [0.3, 0.4) is 0 Å². The van der Waals surface area contributed by atoms with Gasteiger partial charge in [-0.05, 0) is 25.5 Å². The molecule has 0 saturated heterocycles. The van der Waals surface area contributed by atoms with Crippen molar-refractivity contribution >= 4 is 11.6 Å². The average molecular weight is 271 g/mol. The number of nitrogens with one attached hydrogen (secondary N) is 2. The SMILES string of the molecule is Cc1nc(C(=O)N2CC(C)NCc3ccccc32)n[nH]1. The van der Waals surface area contributed by atoms with Gasteiger partial charge in [-0.15, -0.1) is 5.10 Å². The number of amides is 1. The maximum Gasteiger partial charge on any atom is 0.297 e. The number of H-pyrrole nitrogens is 1. The highest BCUT2D eigenvalue weighted by Crippen LogP contribution is 2.24. The van der Waals surface area contributed by atoms with Gasteiger partial charge >= 0.3 is 0 Å². The molecule has 1 amide bonds. The van der Waals surface area contributed by atoms with Crippen LogP contribution in [0.2, 0.25) is 0 Å². The molecule has 6 nitrogen and oxygen atoms in total. The van der Waals surface area contributed by atoms with Crippen LogP contribution in [0.1, 0.15) is 28.9 Å². The summed E-state index contributed by atoms with van der Waals surface area (Å²) in [7, 11) is 0. The van der Waals surface area contributed by atoms with Gasteiger partial charge in [-0.3, -0.25) is 9.89 Å². The monoisotopic (exact) mass is 271 g/mol. The third-order valence-corrected chi connectivity index (χ3v) is 3.41. The number of hydrogen-bond acceptors (Lipinski definition) is 4. The summed E-state index contributed by atoms with van der Waals surface area (Å²) in [5.41, 5.74) is 2.04. The van der Waals surface area contributed by atoms with E-state index >= 15 is 0 Å². The Morgan fingerprint density at radius 1 is 1.40 bits per heavy atom. The van der Waals surface area contributed by atoms with E-state index in [1.165, 1.54) is 0 Å². The Kier molecular flexibility index (Phi) is 3.23. The average Bonchev–Trinajstić information content (AvgIpc) is 2.81. The zero-order valence-corrected chi connectivity index (χ0v) is 11.6. The van der Waals surface area contributed by atoms with Crippen LogP contribution in [-0.4, -0.2) is 33.7 Å². The van der Waals surface area contributed by atoms with Crippen LogP contribution in [0.5, 0.6) is 0 Å². The van der Waals surface area contributed by atoms with Crippen molar-refractivity contribution < 1.29 is 4.79 Å². The van der Waals surface area contributed by atoms with E-state index in [1.54, 1.807) is 11.8 Å². The topological polar surface area (TPSA) is 73.9 Å². The van der Waals surface area contributed by atoms with Crippen molar-refractivity contribution in [3.05, 3.63) is 41.5 Å². The zero-order valence-electron chi connectivity index (χ0n) is 11.6. The Morgan fingerprint density at radius 2 is 2.20 bits per heavy atom. The van der Waals surface area contributed by atoms with Crippen molar-refractivity contribution in [1.82, 2.24) is 20.5 Å². The first-order chi connectivity index (χ1) is 9.65. The molecular weight excluding hydrogens is 254 g/mol. The summed E-state index contributed by atoms with van der Waals surface area (Å²) in [5, 5.41) is 10.1. The predicted octanol–water partition coefficient (Wildman–Crippen LogP) is 1.25. The molecule has 1 atom stereocenters. The fraction of sp³-hybridized carbons (Fsp3) is 0.357. The molecule has 6 heteroatoms. The third kappa shape index (κ3) is 2.30. The summed E-state index contributed by atoms with van der Waals surface area (Å²) in [6.07, 6.45) is 0. The molecule has 3 rings (SSSR count). The van der Waals surface area contributed by atoms with E-state index in [-0.39, 0.29) is 17.8 Å². The quantitative estimate of drug-likeness (QED) is 0.818. The molecule has 2 N–H and O–H groups in total. The molecule has 0 spiro atoms. The first-order valence-electron chi connectivity index (χ1n) is 6.67. The number of benzene rings is 1. The summed E-state index contributed by atoms with van der Waals surface area (Å²) in [6, 6.07) is 8.14. The molecule has 104 valence electrons. The number of hydrogen-bond donors (Lipinski definition) is 2. The number of para-hydroxylation sites is 1. The fourth-order valence-electron chi connectivity index (χ4n) is 2.40. The van der Waals surface area contributed by atoms with Gasteiger partial charge in [-0.1, -0.05) is 18.2 Å². The van der Waals surface area contributed by atoms with Gasteiger partial charge in [0, 0.05) is 24.8 Å². The van der Waals surface area contributed by atoms with Crippen molar-refractivity contribution in [3.8, 4) is 0 Å². The molecule has 20 heavy (non-hydrogen) atoms. The molecule has 1 aliphatic rings. The summed E-state index contributed by atoms with van der Waals surface area (Å²) in [5.74, 6) is 0.686. The number of aromatic amines is 1. The molecule has 0 fully saturated rings. The van der Waals surface area contributed by atoms with Crippen molar-refractivity contribution in [2.24, 2.45) is 0 Å². The standard InChI is InChI=1S/C14H17N5O/c1-9-8-19(14(20)13-16-10(2)17-18-13)12-6-4-3-5-11(12)7-15-9/h3-6,9,15H,7-8H2,1-2H3,(H,16,17,18). The van der Waals surface area contributed by atoms with Gasteiger partial charge < -0.3 is 10.2 Å². The van der Waals surface area contributed by atoms with Gasteiger partial charge in [0.1, 0.15) is 5.82 Å². The molecular formula is C14H17N5O. The van der Waals surface area contributed by atoms with Crippen LogP contribution >= 0.6 is 0 Å². The first-order valence-corrected chi connectivity index (χ1v) is 6.67. The first kappa shape index (κ1) is 12.8. The van der Waals surface area contributed by atoms with Gasteiger partial charge in [-0.25, -0.2) is 4.98 Å². The summed E-state index contributed by atoms with van der Waals surface area (Å²) >= 11 is 0. The molecule has 0 bridgehead atoms. The van der Waals surface area contributed by atoms with E-state index in [0.29, 0.717) is 12.4 Å².